The van der Waals surface area contributed by atoms with Crippen molar-refractivity contribution in [1.29, 1.82) is 0 Å². The number of thioether (sulfide) groups is 1. The van der Waals surface area contributed by atoms with E-state index in [1.807, 2.05) is 4.90 Å². The van der Waals surface area contributed by atoms with Crippen molar-refractivity contribution in [2.24, 2.45) is 0 Å². The molecule has 0 aliphatic carbocycles. The van der Waals surface area contributed by atoms with Gasteiger partial charge >= 0.3 is 0 Å². The lowest BCUT2D eigenvalue weighted by molar-refractivity contribution is -0.131. The van der Waals surface area contributed by atoms with Gasteiger partial charge in [-0.1, -0.05) is 36.8 Å². The number of hydrogen-bond acceptors (Lipinski definition) is 5. The van der Waals surface area contributed by atoms with Crippen molar-refractivity contribution in [3.63, 3.8) is 0 Å². The van der Waals surface area contributed by atoms with Crippen LogP contribution in [-0.4, -0.2) is 45.6 Å². The Bertz CT molecular complexity index is 647. The average Bonchev–Trinajstić information content (AvgIpc) is 3.05. The smallest absolute Gasteiger partial charge is 0.266 e. The first kappa shape index (κ1) is 17.2. The molecule has 0 saturated carbocycles. The molecule has 0 aromatic carbocycles. The summed E-state index contributed by atoms with van der Waals surface area (Å²) in [6, 6.07) is 3.56. The van der Waals surface area contributed by atoms with E-state index in [-0.39, 0.29) is 11.8 Å². The number of furan rings is 1. The summed E-state index contributed by atoms with van der Waals surface area (Å²) in [5, 5.41) is 0. The molecule has 0 atom stereocenters. The fraction of sp³-hybridized carbons (Fsp3) is 0.471. The van der Waals surface area contributed by atoms with Crippen molar-refractivity contribution in [2.45, 2.75) is 32.1 Å². The van der Waals surface area contributed by atoms with Crippen molar-refractivity contribution >= 4 is 46.2 Å². The minimum Gasteiger partial charge on any atom is -0.465 e. The molecule has 0 spiro atoms. The molecule has 2 amide bonds. The Morgan fingerprint density at radius 3 is 2.71 bits per heavy atom. The van der Waals surface area contributed by atoms with Gasteiger partial charge in [0.1, 0.15) is 10.1 Å². The molecule has 0 radical (unpaired) electrons. The summed E-state index contributed by atoms with van der Waals surface area (Å²) in [5.74, 6) is 0.585. The van der Waals surface area contributed by atoms with Crippen LogP contribution in [0.2, 0.25) is 0 Å². The molecule has 2 aliphatic heterocycles. The summed E-state index contributed by atoms with van der Waals surface area (Å²) in [4.78, 5) is 28.8. The zero-order chi connectivity index (χ0) is 16.9. The highest BCUT2D eigenvalue weighted by Crippen LogP contribution is 2.32. The van der Waals surface area contributed by atoms with E-state index >= 15 is 0 Å². The molecule has 3 rings (SSSR count). The number of rotatable bonds is 4. The molecule has 5 nitrogen and oxygen atoms in total. The Balaban J connectivity index is 1.58. The Morgan fingerprint density at radius 1 is 1.29 bits per heavy atom. The maximum Gasteiger partial charge on any atom is 0.266 e. The monoisotopic (exact) mass is 364 g/mol. The lowest BCUT2D eigenvalue weighted by Crippen LogP contribution is -2.36. The van der Waals surface area contributed by atoms with Crippen LogP contribution in [0.15, 0.2) is 27.7 Å². The molecule has 0 unspecified atom stereocenters. The lowest BCUT2D eigenvalue weighted by Gasteiger charge is -2.22. The maximum atomic E-state index is 12.5. The van der Waals surface area contributed by atoms with Gasteiger partial charge in [0.05, 0.1) is 11.2 Å². The van der Waals surface area contributed by atoms with Crippen LogP contribution in [0.4, 0.5) is 0 Å². The van der Waals surface area contributed by atoms with Crippen LogP contribution >= 0.6 is 24.0 Å². The van der Waals surface area contributed by atoms with E-state index in [0.717, 1.165) is 25.9 Å². The molecular weight excluding hydrogens is 344 g/mol. The predicted molar refractivity (Wildman–Crippen MR) is 98.3 cm³/mol. The Labute approximate surface area is 151 Å². The molecule has 1 aromatic rings. The second-order valence-electron chi connectivity index (χ2n) is 5.89. The molecule has 0 bridgehead atoms. The highest BCUT2D eigenvalue weighted by atomic mass is 32.2. The van der Waals surface area contributed by atoms with Crippen molar-refractivity contribution in [2.75, 3.05) is 19.6 Å². The Kier molecular flexibility index (Phi) is 5.73. The molecule has 128 valence electrons. The van der Waals surface area contributed by atoms with Gasteiger partial charge in [0, 0.05) is 32.1 Å². The van der Waals surface area contributed by atoms with Gasteiger partial charge in [0.25, 0.3) is 5.91 Å². The molecule has 3 heterocycles. The number of carbonyl (C=O) groups excluding carboxylic acids is 2. The first-order valence-electron chi connectivity index (χ1n) is 8.22. The second-order valence-corrected chi connectivity index (χ2v) is 7.57. The Hall–Kier alpha value is -1.60. The van der Waals surface area contributed by atoms with Crippen molar-refractivity contribution < 1.29 is 14.0 Å². The molecular formula is C17H20N2O3S2. The van der Waals surface area contributed by atoms with E-state index in [1.54, 1.807) is 24.5 Å². The molecule has 2 fully saturated rings. The average molecular weight is 364 g/mol. The number of hydrogen-bond donors (Lipinski definition) is 0. The van der Waals surface area contributed by atoms with Gasteiger partial charge in [-0.25, -0.2) is 0 Å². The summed E-state index contributed by atoms with van der Waals surface area (Å²) >= 11 is 6.55. The minimum absolute atomic E-state index is 0.112. The van der Waals surface area contributed by atoms with Gasteiger partial charge in [0.2, 0.25) is 5.91 Å². The number of likely N-dealkylation sites (tertiary alicyclic amines) is 1. The number of amides is 2. The summed E-state index contributed by atoms with van der Waals surface area (Å²) in [6.45, 7) is 2.00. The zero-order valence-electron chi connectivity index (χ0n) is 13.4. The first-order chi connectivity index (χ1) is 11.6. The van der Waals surface area contributed by atoms with Crippen LogP contribution in [0.1, 0.15) is 37.9 Å². The first-order valence-corrected chi connectivity index (χ1v) is 9.44. The van der Waals surface area contributed by atoms with Crippen molar-refractivity contribution in [1.82, 2.24) is 9.80 Å². The van der Waals surface area contributed by atoms with Crippen LogP contribution in [0, 0.1) is 0 Å². The van der Waals surface area contributed by atoms with Gasteiger partial charge in [0.15, 0.2) is 0 Å². The summed E-state index contributed by atoms with van der Waals surface area (Å²) in [6.07, 6.45) is 8.09. The number of carbonyl (C=O) groups is 2. The van der Waals surface area contributed by atoms with Crippen LogP contribution in [-0.2, 0) is 9.59 Å². The van der Waals surface area contributed by atoms with E-state index in [1.165, 1.54) is 29.5 Å². The SMILES string of the molecule is O=C(CCN1C(=O)C(=Cc2ccco2)SC1=S)N1CCCCCC1. The highest BCUT2D eigenvalue weighted by Gasteiger charge is 2.32. The third-order valence-electron chi connectivity index (χ3n) is 4.20. The van der Waals surface area contributed by atoms with Gasteiger partial charge < -0.3 is 9.32 Å². The summed E-state index contributed by atoms with van der Waals surface area (Å²) < 4.78 is 5.74. The standard InChI is InChI=1S/C17H20N2O3S2/c20-15(18-8-3-1-2-4-9-18)7-10-19-16(21)14(24-17(19)23)12-13-6-5-11-22-13/h5-6,11-12H,1-4,7-10H2. The van der Waals surface area contributed by atoms with Crippen LogP contribution in [0.3, 0.4) is 0 Å². The molecule has 0 N–H and O–H groups in total. The normalized spacial score (nSPS) is 20.8. The lowest BCUT2D eigenvalue weighted by atomic mass is 10.2. The van der Waals surface area contributed by atoms with Crippen LogP contribution in [0.5, 0.6) is 0 Å². The van der Waals surface area contributed by atoms with Crippen LogP contribution in [0.25, 0.3) is 6.08 Å². The number of nitrogens with zero attached hydrogens (tertiary/aromatic N) is 2. The number of thiocarbonyl (C=S) groups is 1. The highest BCUT2D eigenvalue weighted by molar-refractivity contribution is 8.26. The minimum atomic E-state index is -0.148. The van der Waals surface area contributed by atoms with Gasteiger partial charge in [-0.2, -0.15) is 0 Å². The van der Waals surface area contributed by atoms with Gasteiger partial charge in [-0.15, -0.1) is 0 Å². The van der Waals surface area contributed by atoms with E-state index in [9.17, 15) is 9.59 Å². The fourth-order valence-corrected chi connectivity index (χ4v) is 4.17. The van der Waals surface area contributed by atoms with Crippen molar-refractivity contribution in [3.8, 4) is 0 Å². The molecule has 2 saturated heterocycles. The zero-order valence-corrected chi connectivity index (χ0v) is 15.0. The van der Waals surface area contributed by atoms with E-state index < -0.39 is 0 Å². The fourth-order valence-electron chi connectivity index (χ4n) is 2.88. The van der Waals surface area contributed by atoms with Crippen LogP contribution < -0.4 is 0 Å². The largest absolute Gasteiger partial charge is 0.465 e. The third-order valence-corrected chi connectivity index (χ3v) is 5.58. The second kappa shape index (κ2) is 7.98. The maximum absolute atomic E-state index is 12.5. The van der Waals surface area contributed by atoms with E-state index in [4.69, 9.17) is 16.6 Å². The molecule has 7 heteroatoms. The third kappa shape index (κ3) is 4.08. The summed E-state index contributed by atoms with van der Waals surface area (Å²) in [7, 11) is 0. The Morgan fingerprint density at radius 2 is 2.04 bits per heavy atom. The van der Waals surface area contributed by atoms with E-state index in [0.29, 0.717) is 28.0 Å². The molecule has 24 heavy (non-hydrogen) atoms. The molecule has 1 aromatic heterocycles. The molecule has 2 aliphatic rings. The van der Waals surface area contributed by atoms with Gasteiger partial charge in [-0.3, -0.25) is 14.5 Å². The summed E-state index contributed by atoms with van der Waals surface area (Å²) in [5.41, 5.74) is 0. The predicted octanol–water partition coefficient (Wildman–Crippen LogP) is 3.27. The van der Waals surface area contributed by atoms with Crippen molar-refractivity contribution in [3.05, 3.63) is 29.1 Å². The quantitative estimate of drug-likeness (QED) is 0.606. The topological polar surface area (TPSA) is 53.8 Å². The van der Waals surface area contributed by atoms with Gasteiger partial charge in [-0.05, 0) is 25.0 Å². The van der Waals surface area contributed by atoms with E-state index in [2.05, 4.69) is 0 Å².